The van der Waals surface area contributed by atoms with Gasteiger partial charge >= 0.3 is 0 Å². The van der Waals surface area contributed by atoms with Gasteiger partial charge in [0.15, 0.2) is 0 Å². The summed E-state index contributed by atoms with van der Waals surface area (Å²) < 4.78 is 5.61. The number of aromatic nitrogens is 1. The first-order valence-electron chi connectivity index (χ1n) is 14.6. The standard InChI is InChI=1S/C21H20N2O3S.C9H17N.C2H6/c24-17-10-8-16(9-11-17)21-22-20-18(27-21)7-4-12-23(20)19(25)14-26-13-15-5-2-1-3-6-15;1-2-7-10(8-3-1)9-5-4-6-9;1-2/h1-3,5-6,8-11,24H,4,7,12-14H2;9H,1-8H2;1-2H3. The number of benzene rings is 2. The molecule has 6 rings (SSSR count). The molecule has 0 unspecified atom stereocenters. The molecule has 0 atom stereocenters. The van der Waals surface area contributed by atoms with Crippen LogP contribution in [0.15, 0.2) is 54.6 Å². The van der Waals surface area contributed by atoms with Crippen molar-refractivity contribution < 1.29 is 14.6 Å². The summed E-state index contributed by atoms with van der Waals surface area (Å²) in [5.74, 6) is 0.921. The number of aryl methyl sites for hydroxylation is 1. The van der Waals surface area contributed by atoms with Crippen LogP contribution in [0.25, 0.3) is 10.6 Å². The van der Waals surface area contributed by atoms with Gasteiger partial charge in [0.25, 0.3) is 5.91 Å². The number of hydrogen-bond donors (Lipinski definition) is 1. The zero-order chi connectivity index (χ0) is 27.5. The molecule has 0 bridgehead atoms. The molecule has 210 valence electrons. The molecule has 3 heterocycles. The smallest absolute Gasteiger partial charge is 0.254 e. The number of phenolic OH excluding ortho intramolecular Hbond substituents is 1. The van der Waals surface area contributed by atoms with Gasteiger partial charge in [-0.1, -0.05) is 57.0 Å². The number of rotatable bonds is 6. The highest BCUT2D eigenvalue weighted by Gasteiger charge is 2.27. The minimum Gasteiger partial charge on any atom is -0.508 e. The van der Waals surface area contributed by atoms with Crippen molar-refractivity contribution in [3.63, 3.8) is 0 Å². The Morgan fingerprint density at radius 3 is 2.33 bits per heavy atom. The van der Waals surface area contributed by atoms with E-state index in [9.17, 15) is 9.90 Å². The normalized spacial score (nSPS) is 17.1. The third kappa shape index (κ3) is 8.13. The van der Waals surface area contributed by atoms with Gasteiger partial charge < -0.3 is 14.7 Å². The lowest BCUT2D eigenvalue weighted by Crippen LogP contribution is -2.42. The van der Waals surface area contributed by atoms with Crippen molar-refractivity contribution in [1.82, 2.24) is 9.88 Å². The van der Waals surface area contributed by atoms with E-state index in [2.05, 4.69) is 4.90 Å². The highest BCUT2D eigenvalue weighted by Crippen LogP contribution is 2.37. The van der Waals surface area contributed by atoms with Crippen molar-refractivity contribution in [3.05, 3.63) is 65.0 Å². The molecule has 3 aromatic rings. The number of fused-ring (bicyclic) bond motifs is 1. The third-order valence-corrected chi connectivity index (χ3v) is 8.61. The second-order valence-corrected chi connectivity index (χ2v) is 11.2. The van der Waals surface area contributed by atoms with Gasteiger partial charge in [-0.05, 0) is 81.4 Å². The number of likely N-dealkylation sites (tertiary alicyclic amines) is 1. The zero-order valence-electron chi connectivity index (χ0n) is 23.5. The van der Waals surface area contributed by atoms with Gasteiger partial charge in [0.05, 0.1) is 6.61 Å². The van der Waals surface area contributed by atoms with E-state index in [0.29, 0.717) is 13.2 Å². The number of anilines is 1. The molecule has 1 aromatic heterocycles. The number of aromatic hydroxyl groups is 1. The highest BCUT2D eigenvalue weighted by molar-refractivity contribution is 7.15. The van der Waals surface area contributed by atoms with Crippen molar-refractivity contribution >= 4 is 23.1 Å². The first-order chi connectivity index (χ1) is 19.2. The molecule has 0 spiro atoms. The second-order valence-electron chi connectivity index (χ2n) is 10.1. The number of piperidine rings is 1. The van der Waals surface area contributed by atoms with E-state index in [4.69, 9.17) is 9.72 Å². The number of hydrogen-bond acceptors (Lipinski definition) is 6. The minimum atomic E-state index is -0.0607. The fourth-order valence-corrected chi connectivity index (χ4v) is 6.25. The van der Waals surface area contributed by atoms with Crippen LogP contribution >= 0.6 is 11.3 Å². The van der Waals surface area contributed by atoms with E-state index in [0.717, 1.165) is 45.7 Å². The molecule has 1 N–H and O–H groups in total. The molecule has 1 saturated heterocycles. The Morgan fingerprint density at radius 2 is 1.67 bits per heavy atom. The van der Waals surface area contributed by atoms with Crippen LogP contribution < -0.4 is 4.90 Å². The molecule has 7 heteroatoms. The molecule has 0 radical (unpaired) electrons. The Morgan fingerprint density at radius 1 is 0.949 bits per heavy atom. The molecular weight excluding hydrogens is 506 g/mol. The van der Waals surface area contributed by atoms with Crippen LogP contribution in [0.2, 0.25) is 0 Å². The number of amides is 1. The van der Waals surface area contributed by atoms with Crippen LogP contribution in [0.5, 0.6) is 5.75 Å². The Labute approximate surface area is 237 Å². The Kier molecular flexibility index (Phi) is 11.4. The van der Waals surface area contributed by atoms with Crippen LogP contribution in [-0.4, -0.2) is 53.2 Å². The van der Waals surface area contributed by atoms with E-state index >= 15 is 0 Å². The quantitative estimate of drug-likeness (QED) is 0.356. The van der Waals surface area contributed by atoms with Crippen LogP contribution in [0.3, 0.4) is 0 Å². The third-order valence-electron chi connectivity index (χ3n) is 7.45. The number of ether oxygens (including phenoxy) is 1. The van der Waals surface area contributed by atoms with Crippen LogP contribution in [-0.2, 0) is 22.6 Å². The lowest BCUT2D eigenvalue weighted by Gasteiger charge is -2.39. The summed E-state index contributed by atoms with van der Waals surface area (Å²) in [6.07, 6.45) is 10.7. The molecule has 1 amide bonds. The Balaban J connectivity index is 0.000000244. The van der Waals surface area contributed by atoms with Gasteiger partial charge in [0.1, 0.15) is 23.2 Å². The highest BCUT2D eigenvalue weighted by atomic mass is 32.1. The summed E-state index contributed by atoms with van der Waals surface area (Å²) in [7, 11) is 0. The number of phenols is 1. The predicted molar refractivity (Wildman–Crippen MR) is 160 cm³/mol. The minimum absolute atomic E-state index is 0.0421. The second kappa shape index (κ2) is 15.2. The van der Waals surface area contributed by atoms with Crippen molar-refractivity contribution in [2.75, 3.05) is 31.1 Å². The van der Waals surface area contributed by atoms with Gasteiger partial charge in [0.2, 0.25) is 0 Å². The summed E-state index contributed by atoms with van der Waals surface area (Å²) >= 11 is 1.61. The summed E-state index contributed by atoms with van der Waals surface area (Å²) in [6.45, 7) is 7.91. The fraction of sp³-hybridized carbons (Fsp3) is 0.500. The van der Waals surface area contributed by atoms with Gasteiger partial charge in [-0.25, -0.2) is 4.98 Å². The Bertz CT molecular complexity index is 1140. The lowest BCUT2D eigenvalue weighted by atomic mass is 9.90. The van der Waals surface area contributed by atoms with E-state index in [1.807, 2.05) is 56.3 Å². The zero-order valence-corrected chi connectivity index (χ0v) is 24.3. The van der Waals surface area contributed by atoms with Crippen molar-refractivity contribution in [3.8, 4) is 16.3 Å². The van der Waals surface area contributed by atoms with Crippen LogP contribution in [0.1, 0.15) is 69.2 Å². The maximum atomic E-state index is 12.7. The molecule has 2 aromatic carbocycles. The molecule has 2 fully saturated rings. The number of carbonyl (C=O) groups is 1. The maximum absolute atomic E-state index is 12.7. The molecule has 1 aliphatic carbocycles. The average molecular weight is 550 g/mol. The molecule has 6 nitrogen and oxygen atoms in total. The first kappa shape index (κ1) is 29.2. The number of carbonyl (C=O) groups excluding carboxylic acids is 1. The predicted octanol–water partition coefficient (Wildman–Crippen LogP) is 7.06. The van der Waals surface area contributed by atoms with E-state index in [1.54, 1.807) is 28.4 Å². The number of nitrogens with zero attached hydrogens (tertiary/aromatic N) is 3. The van der Waals surface area contributed by atoms with E-state index < -0.39 is 0 Å². The van der Waals surface area contributed by atoms with Gasteiger partial charge in [-0.3, -0.25) is 9.69 Å². The van der Waals surface area contributed by atoms with Crippen molar-refractivity contribution in [1.29, 1.82) is 0 Å². The van der Waals surface area contributed by atoms with Crippen LogP contribution in [0.4, 0.5) is 5.82 Å². The summed E-state index contributed by atoms with van der Waals surface area (Å²) in [5.41, 5.74) is 1.99. The van der Waals surface area contributed by atoms with Crippen LogP contribution in [0, 0.1) is 0 Å². The van der Waals surface area contributed by atoms with Gasteiger partial charge in [0, 0.05) is 23.0 Å². The fourth-order valence-electron chi connectivity index (χ4n) is 5.14. The average Bonchev–Trinajstić information content (AvgIpc) is 3.40. The summed E-state index contributed by atoms with van der Waals surface area (Å²) in [5, 5.41) is 10.3. The monoisotopic (exact) mass is 549 g/mol. The first-order valence-corrected chi connectivity index (χ1v) is 15.4. The summed E-state index contributed by atoms with van der Waals surface area (Å²) in [6, 6.07) is 17.8. The van der Waals surface area contributed by atoms with E-state index in [-0.39, 0.29) is 18.3 Å². The molecule has 39 heavy (non-hydrogen) atoms. The van der Waals surface area contributed by atoms with E-state index in [1.165, 1.54) is 51.6 Å². The van der Waals surface area contributed by atoms with Gasteiger partial charge in [-0.2, -0.15) is 0 Å². The molecule has 1 saturated carbocycles. The lowest BCUT2D eigenvalue weighted by molar-refractivity contribution is -0.123. The maximum Gasteiger partial charge on any atom is 0.254 e. The molecule has 3 aliphatic rings. The number of thiazole rings is 1. The van der Waals surface area contributed by atoms with Crippen molar-refractivity contribution in [2.24, 2.45) is 0 Å². The van der Waals surface area contributed by atoms with Crippen molar-refractivity contribution in [2.45, 2.75) is 77.9 Å². The Hall–Kier alpha value is -2.74. The summed E-state index contributed by atoms with van der Waals surface area (Å²) in [4.78, 5) is 22.9. The largest absolute Gasteiger partial charge is 0.508 e. The topological polar surface area (TPSA) is 65.9 Å². The molecular formula is C32H43N3O3S. The molecule has 2 aliphatic heterocycles. The SMILES string of the molecule is C1CCN(C2CCC2)CC1.CC.O=C(COCc1ccccc1)N1CCCc2sc(-c3ccc(O)cc3)nc21. The van der Waals surface area contributed by atoms with Gasteiger partial charge in [-0.15, -0.1) is 11.3 Å².